The zero-order valence-corrected chi connectivity index (χ0v) is 20.2. The maximum absolute atomic E-state index is 13.9. The van der Waals surface area contributed by atoms with Gasteiger partial charge in [0.25, 0.3) is 0 Å². The van der Waals surface area contributed by atoms with Crippen molar-refractivity contribution in [2.45, 2.75) is 63.1 Å². The molecule has 1 amide bonds. The Bertz CT molecular complexity index is 1040. The Morgan fingerprint density at radius 3 is 2.55 bits per heavy atom. The molecule has 2 heterocycles. The van der Waals surface area contributed by atoms with E-state index >= 15 is 0 Å². The number of nitrogens with zero attached hydrogens (tertiary/aromatic N) is 4. The summed E-state index contributed by atoms with van der Waals surface area (Å²) in [6.45, 7) is 9.09. The van der Waals surface area contributed by atoms with Crippen molar-refractivity contribution in [3.63, 3.8) is 0 Å². The Labute approximate surface area is 200 Å². The highest BCUT2D eigenvalue weighted by atomic mass is 35.5. The fourth-order valence-electron chi connectivity index (χ4n) is 5.65. The summed E-state index contributed by atoms with van der Waals surface area (Å²) in [5.74, 6) is 1.34. The second-order valence-corrected chi connectivity index (χ2v) is 10.4. The van der Waals surface area contributed by atoms with Crippen molar-refractivity contribution in [1.29, 1.82) is 0 Å². The maximum atomic E-state index is 13.9. The number of hydrogen-bond acceptors (Lipinski definition) is 6. The predicted molar refractivity (Wildman–Crippen MR) is 129 cm³/mol. The highest BCUT2D eigenvalue weighted by molar-refractivity contribution is 6.30. The lowest BCUT2D eigenvalue weighted by molar-refractivity contribution is -0.134. The van der Waals surface area contributed by atoms with Gasteiger partial charge in [0.15, 0.2) is 0 Å². The number of nitrogens with one attached hydrogen (secondary N) is 1. The number of anilines is 1. The monoisotopic (exact) mass is 469 g/mol. The number of aromatic nitrogens is 2. The number of hydrogen-bond donors (Lipinski definition) is 2. The third kappa shape index (κ3) is 3.90. The first-order valence-electron chi connectivity index (χ1n) is 11.9. The molecule has 2 N–H and O–H groups in total. The molecule has 3 aliphatic rings. The highest BCUT2D eigenvalue weighted by Gasteiger charge is 2.62. The van der Waals surface area contributed by atoms with E-state index < -0.39 is 11.5 Å². The molecule has 4 atom stereocenters. The summed E-state index contributed by atoms with van der Waals surface area (Å²) in [6, 6.07) is 8.19. The first-order chi connectivity index (χ1) is 15.8. The summed E-state index contributed by atoms with van der Waals surface area (Å²) in [5.41, 5.74) is 2.33. The van der Waals surface area contributed by atoms with Gasteiger partial charge < -0.3 is 20.2 Å². The molecule has 0 spiro atoms. The number of rotatable bonds is 5. The van der Waals surface area contributed by atoms with Crippen molar-refractivity contribution in [3.05, 3.63) is 52.4 Å². The molecular formula is C25H32ClN5O2. The molecule has 5 rings (SSSR count). The van der Waals surface area contributed by atoms with Crippen molar-refractivity contribution >= 4 is 23.3 Å². The summed E-state index contributed by atoms with van der Waals surface area (Å²) in [4.78, 5) is 27.0. The molecule has 0 bridgehead atoms. The van der Waals surface area contributed by atoms with Gasteiger partial charge in [-0.25, -0.2) is 9.97 Å². The lowest BCUT2D eigenvalue weighted by atomic mass is 9.92. The maximum Gasteiger partial charge on any atom is 0.235 e. The van der Waals surface area contributed by atoms with Crippen LogP contribution >= 0.6 is 11.6 Å². The number of aliphatic hydroxyl groups is 1. The average Bonchev–Trinajstić information content (AvgIpc) is 3.43. The molecule has 2 aliphatic carbocycles. The van der Waals surface area contributed by atoms with Gasteiger partial charge in [-0.15, -0.1) is 0 Å². The Balaban J connectivity index is 1.34. The normalized spacial score (nSPS) is 28.8. The quantitative estimate of drug-likeness (QED) is 0.700. The smallest absolute Gasteiger partial charge is 0.235 e. The van der Waals surface area contributed by atoms with Crippen LogP contribution in [0.25, 0.3) is 0 Å². The van der Waals surface area contributed by atoms with Crippen LogP contribution in [0.2, 0.25) is 5.02 Å². The molecule has 1 aromatic heterocycles. The van der Waals surface area contributed by atoms with E-state index in [0.29, 0.717) is 30.6 Å². The highest BCUT2D eigenvalue weighted by Crippen LogP contribution is 2.50. The van der Waals surface area contributed by atoms with Crippen LogP contribution < -0.4 is 10.2 Å². The molecule has 1 saturated heterocycles. The van der Waals surface area contributed by atoms with Crippen LogP contribution in [0.5, 0.6) is 0 Å². The molecule has 2 aromatic rings. The number of piperazine rings is 1. The van der Waals surface area contributed by atoms with Crippen LogP contribution in [0.4, 0.5) is 5.82 Å². The second-order valence-electron chi connectivity index (χ2n) is 9.98. The predicted octanol–water partition coefficient (Wildman–Crippen LogP) is 3.03. The molecule has 1 saturated carbocycles. The van der Waals surface area contributed by atoms with Crippen LogP contribution in [-0.4, -0.2) is 64.1 Å². The third-order valence-corrected chi connectivity index (χ3v) is 7.63. The summed E-state index contributed by atoms with van der Waals surface area (Å²) < 4.78 is 0. The zero-order chi connectivity index (χ0) is 23.3. The fraction of sp³-hybridized carbons (Fsp3) is 0.560. The van der Waals surface area contributed by atoms with Crippen molar-refractivity contribution in [2.75, 3.05) is 31.1 Å². The molecular weight excluding hydrogens is 438 g/mol. The molecule has 0 radical (unpaired) electrons. The third-order valence-electron chi connectivity index (χ3n) is 7.38. The van der Waals surface area contributed by atoms with Crippen molar-refractivity contribution in [1.82, 2.24) is 20.2 Å². The van der Waals surface area contributed by atoms with Gasteiger partial charge in [-0.3, -0.25) is 4.79 Å². The van der Waals surface area contributed by atoms with Crippen molar-refractivity contribution in [2.24, 2.45) is 0 Å². The van der Waals surface area contributed by atoms with E-state index in [1.54, 1.807) is 6.33 Å². The molecule has 2 fully saturated rings. The minimum atomic E-state index is -0.522. The molecule has 1 aromatic carbocycles. The summed E-state index contributed by atoms with van der Waals surface area (Å²) in [7, 11) is 0. The van der Waals surface area contributed by atoms with Gasteiger partial charge in [-0.05, 0) is 36.5 Å². The van der Waals surface area contributed by atoms with Crippen LogP contribution in [0.3, 0.4) is 0 Å². The summed E-state index contributed by atoms with van der Waals surface area (Å²) in [6.07, 6.45) is 2.53. The number of fused-ring (bicyclic) bond motifs is 1. The number of halogens is 1. The Hall–Kier alpha value is -2.22. The van der Waals surface area contributed by atoms with Gasteiger partial charge in [0.05, 0.1) is 17.2 Å². The first-order valence-corrected chi connectivity index (χ1v) is 12.3. The SMILES string of the molecule is CC(C)NC1CC1(C(=O)N1CCN(c2ncnc3c2[C@H](C)C[C@H]3O)CC1)c1ccc(Cl)cc1. The molecule has 7 nitrogen and oxygen atoms in total. The largest absolute Gasteiger partial charge is 0.387 e. The fourth-order valence-corrected chi connectivity index (χ4v) is 5.78. The van der Waals surface area contributed by atoms with Crippen molar-refractivity contribution < 1.29 is 9.90 Å². The topological polar surface area (TPSA) is 81.6 Å². The molecule has 33 heavy (non-hydrogen) atoms. The number of aliphatic hydroxyl groups excluding tert-OH is 1. The van der Waals surface area contributed by atoms with E-state index in [-0.39, 0.29) is 17.9 Å². The lowest BCUT2D eigenvalue weighted by Gasteiger charge is -2.38. The number of carbonyl (C=O) groups excluding carboxylic acids is 1. The lowest BCUT2D eigenvalue weighted by Crippen LogP contribution is -2.53. The number of carbonyl (C=O) groups is 1. The minimum Gasteiger partial charge on any atom is -0.387 e. The standard InChI is InChI=1S/C25H32ClN5O2/c1-15(2)29-20-13-25(20,17-4-6-18(26)7-5-17)24(33)31-10-8-30(9-11-31)23-21-16(3)12-19(32)22(21)27-14-28-23/h4-7,14-16,19-20,29,32H,8-13H2,1-3H3/t16-,19-,20?,25?/m1/s1. The number of amides is 1. The van der Waals surface area contributed by atoms with E-state index in [1.165, 1.54) is 0 Å². The van der Waals surface area contributed by atoms with Gasteiger partial charge >= 0.3 is 0 Å². The summed E-state index contributed by atoms with van der Waals surface area (Å²) >= 11 is 6.12. The van der Waals surface area contributed by atoms with E-state index in [2.05, 4.69) is 41.0 Å². The van der Waals surface area contributed by atoms with Crippen LogP contribution in [0, 0.1) is 0 Å². The van der Waals surface area contributed by atoms with Crippen LogP contribution in [0.1, 0.15) is 62.5 Å². The van der Waals surface area contributed by atoms with E-state index in [4.69, 9.17) is 11.6 Å². The molecule has 1 aliphatic heterocycles. The second kappa shape index (κ2) is 8.53. The van der Waals surface area contributed by atoms with Gasteiger partial charge in [0, 0.05) is 48.8 Å². The van der Waals surface area contributed by atoms with Gasteiger partial charge in [-0.1, -0.05) is 44.5 Å². The number of benzene rings is 1. The van der Waals surface area contributed by atoms with Gasteiger partial charge in [0.1, 0.15) is 12.1 Å². The average molecular weight is 470 g/mol. The van der Waals surface area contributed by atoms with E-state index in [9.17, 15) is 9.90 Å². The van der Waals surface area contributed by atoms with E-state index in [1.807, 2.05) is 29.2 Å². The van der Waals surface area contributed by atoms with E-state index in [0.717, 1.165) is 42.1 Å². The van der Waals surface area contributed by atoms with Crippen LogP contribution in [0.15, 0.2) is 30.6 Å². The molecule has 2 unspecified atom stereocenters. The summed E-state index contributed by atoms with van der Waals surface area (Å²) in [5, 5.41) is 14.6. The Morgan fingerprint density at radius 2 is 1.88 bits per heavy atom. The zero-order valence-electron chi connectivity index (χ0n) is 19.5. The minimum absolute atomic E-state index is 0.136. The van der Waals surface area contributed by atoms with Gasteiger partial charge in [-0.2, -0.15) is 0 Å². The first kappa shape index (κ1) is 22.6. The van der Waals surface area contributed by atoms with Crippen LogP contribution in [-0.2, 0) is 10.2 Å². The Morgan fingerprint density at radius 1 is 1.18 bits per heavy atom. The Kier molecular flexibility index (Phi) is 5.83. The van der Waals surface area contributed by atoms with Gasteiger partial charge in [0.2, 0.25) is 5.91 Å². The molecule has 176 valence electrons. The molecule has 8 heteroatoms. The van der Waals surface area contributed by atoms with Crippen molar-refractivity contribution in [3.8, 4) is 0 Å².